The molecule has 0 aliphatic heterocycles. The van der Waals surface area contributed by atoms with Gasteiger partial charge >= 0.3 is 0 Å². The van der Waals surface area contributed by atoms with E-state index in [1.54, 1.807) is 19.2 Å². The molecule has 0 saturated carbocycles. The highest BCUT2D eigenvalue weighted by molar-refractivity contribution is 7.16. The van der Waals surface area contributed by atoms with Crippen molar-refractivity contribution in [3.05, 3.63) is 51.9 Å². The minimum absolute atomic E-state index is 0.107. The number of aryl methyl sites for hydroxylation is 1. The minimum atomic E-state index is -0.402. The van der Waals surface area contributed by atoms with E-state index in [9.17, 15) is 14.7 Å². The molecule has 8 heteroatoms. The lowest BCUT2D eigenvalue weighted by Gasteiger charge is -2.03. The molecule has 0 aliphatic rings. The van der Waals surface area contributed by atoms with Gasteiger partial charge in [0.2, 0.25) is 0 Å². The number of carbonyl (C=O) groups excluding carboxylic acids is 1. The van der Waals surface area contributed by atoms with Crippen molar-refractivity contribution in [1.82, 2.24) is 14.9 Å². The lowest BCUT2D eigenvalue weighted by atomic mass is 10.3. The summed E-state index contributed by atoms with van der Waals surface area (Å²) < 4.78 is 1.30. The predicted octanol–water partition coefficient (Wildman–Crippen LogP) is 2.07. The van der Waals surface area contributed by atoms with Gasteiger partial charge in [-0.25, -0.2) is 4.98 Å². The number of aromatic nitrogens is 2. The zero-order chi connectivity index (χ0) is 18.2. The maximum Gasteiger partial charge on any atom is 0.263 e. The maximum atomic E-state index is 12.3. The second-order valence-electron chi connectivity index (χ2n) is 5.26. The summed E-state index contributed by atoms with van der Waals surface area (Å²) in [5.74, 6) is -0.312. The Balaban J connectivity index is 1.97. The molecule has 132 valence electrons. The molecule has 2 rings (SSSR count). The van der Waals surface area contributed by atoms with E-state index in [2.05, 4.69) is 21.9 Å². The van der Waals surface area contributed by atoms with E-state index in [-0.39, 0.29) is 11.7 Å². The number of unbranched alkanes of at least 4 members (excludes halogenated alkanes) is 1. The van der Waals surface area contributed by atoms with E-state index in [1.807, 2.05) is 0 Å². The van der Waals surface area contributed by atoms with Crippen LogP contribution in [0.4, 0.5) is 0 Å². The molecular formula is C17H20N4O3S. The average Bonchev–Trinajstić information content (AvgIpc) is 2.95. The van der Waals surface area contributed by atoms with E-state index < -0.39 is 5.56 Å². The summed E-state index contributed by atoms with van der Waals surface area (Å²) in [6.45, 7) is 6.53. The van der Waals surface area contributed by atoms with Gasteiger partial charge < -0.3 is 10.4 Å². The van der Waals surface area contributed by atoms with Gasteiger partial charge in [0.25, 0.3) is 11.5 Å². The molecule has 25 heavy (non-hydrogen) atoms. The Morgan fingerprint density at radius 2 is 2.32 bits per heavy atom. The summed E-state index contributed by atoms with van der Waals surface area (Å²) >= 11 is 1.14. The number of aliphatic imine (C=N–C) groups is 1. The number of hydrogen-bond donors (Lipinski definition) is 2. The van der Waals surface area contributed by atoms with E-state index in [4.69, 9.17) is 0 Å². The Morgan fingerprint density at radius 1 is 1.52 bits per heavy atom. The van der Waals surface area contributed by atoms with Crippen LogP contribution < -0.4 is 10.9 Å². The summed E-state index contributed by atoms with van der Waals surface area (Å²) in [6, 6.07) is 2.50. The summed E-state index contributed by atoms with van der Waals surface area (Å²) in [7, 11) is 0. The zero-order valence-corrected chi connectivity index (χ0v) is 14.8. The summed E-state index contributed by atoms with van der Waals surface area (Å²) in [5, 5.41) is 12.6. The molecule has 2 aromatic heterocycles. The first kappa shape index (κ1) is 18.6. The lowest BCUT2D eigenvalue weighted by molar-refractivity contribution is 0.0956. The lowest BCUT2D eigenvalue weighted by Crippen LogP contribution is -2.24. The van der Waals surface area contributed by atoms with Crippen LogP contribution in [-0.4, -0.2) is 39.9 Å². The smallest absolute Gasteiger partial charge is 0.263 e. The minimum Gasteiger partial charge on any atom is -0.508 e. The average molecular weight is 360 g/mol. The van der Waals surface area contributed by atoms with Crippen LogP contribution >= 0.6 is 11.3 Å². The second-order valence-corrected chi connectivity index (χ2v) is 6.24. The summed E-state index contributed by atoms with van der Waals surface area (Å²) in [4.78, 5) is 33.0. The highest BCUT2D eigenvalue weighted by Crippen LogP contribution is 2.21. The van der Waals surface area contributed by atoms with E-state index in [0.29, 0.717) is 28.8 Å². The van der Waals surface area contributed by atoms with Gasteiger partial charge in [-0.3, -0.25) is 19.1 Å². The first-order valence-corrected chi connectivity index (χ1v) is 8.63. The number of thiazole rings is 1. The van der Waals surface area contributed by atoms with Crippen LogP contribution in [-0.2, 0) is 0 Å². The fraction of sp³-hybridized carbons (Fsp3) is 0.294. The number of carbonyl (C=O) groups is 1. The van der Waals surface area contributed by atoms with Crippen LogP contribution in [0.3, 0.4) is 0 Å². The van der Waals surface area contributed by atoms with Crippen molar-refractivity contribution >= 4 is 23.5 Å². The van der Waals surface area contributed by atoms with Gasteiger partial charge in [-0.1, -0.05) is 24.0 Å². The van der Waals surface area contributed by atoms with E-state index in [1.165, 1.54) is 16.8 Å². The highest BCUT2D eigenvalue weighted by atomic mass is 32.1. The topological polar surface area (TPSA) is 96.6 Å². The fourth-order valence-corrected chi connectivity index (χ4v) is 3.05. The van der Waals surface area contributed by atoms with E-state index in [0.717, 1.165) is 30.2 Å². The molecule has 0 fully saturated rings. The van der Waals surface area contributed by atoms with Gasteiger partial charge in [0.1, 0.15) is 10.6 Å². The number of nitrogens with one attached hydrogen (secondary N) is 1. The van der Waals surface area contributed by atoms with Gasteiger partial charge in [-0.05, 0) is 25.8 Å². The number of allylic oxidation sites excluding steroid dienone is 1. The molecule has 0 atom stereocenters. The van der Waals surface area contributed by atoms with Crippen molar-refractivity contribution in [3.8, 4) is 10.9 Å². The Bertz CT molecular complexity index is 839. The van der Waals surface area contributed by atoms with Crippen LogP contribution in [0.5, 0.6) is 5.75 Å². The maximum absolute atomic E-state index is 12.3. The molecule has 0 saturated heterocycles. The van der Waals surface area contributed by atoms with Crippen molar-refractivity contribution in [2.75, 3.05) is 13.1 Å². The SMILES string of the molecule is C=CC=NCCCCNC(=O)c1sc(-n2ccc(O)cc2=O)nc1C. The molecule has 0 radical (unpaired) electrons. The van der Waals surface area contributed by atoms with Crippen LogP contribution in [0.1, 0.15) is 28.2 Å². The normalized spacial score (nSPS) is 10.9. The Morgan fingerprint density at radius 3 is 3.04 bits per heavy atom. The monoisotopic (exact) mass is 360 g/mol. The highest BCUT2D eigenvalue weighted by Gasteiger charge is 2.16. The number of hydrogen-bond acceptors (Lipinski definition) is 6. The number of pyridine rings is 1. The molecule has 7 nitrogen and oxygen atoms in total. The van der Waals surface area contributed by atoms with Gasteiger partial charge in [-0.15, -0.1) is 0 Å². The third-order valence-electron chi connectivity index (χ3n) is 3.31. The molecule has 2 N–H and O–H groups in total. The standard InChI is InChI=1S/C17H20N4O3S/c1-3-7-18-8-4-5-9-19-16(24)15-12(2)20-17(25-15)21-10-6-13(22)11-14(21)23/h3,6-7,10-11,22H,1,4-5,8-9H2,2H3,(H,19,24). The summed E-state index contributed by atoms with van der Waals surface area (Å²) in [6.07, 6.45) is 6.42. The van der Waals surface area contributed by atoms with Crippen LogP contribution in [0.25, 0.3) is 5.13 Å². The molecule has 0 aromatic carbocycles. The molecule has 1 amide bonds. The quantitative estimate of drug-likeness (QED) is 0.556. The van der Waals surface area contributed by atoms with Crippen molar-refractivity contribution in [1.29, 1.82) is 0 Å². The molecule has 2 aromatic rings. The fourth-order valence-electron chi connectivity index (χ4n) is 2.08. The number of rotatable bonds is 8. The van der Waals surface area contributed by atoms with Crippen LogP contribution in [0, 0.1) is 6.92 Å². The Kier molecular flexibility index (Phi) is 6.64. The molecule has 0 aliphatic carbocycles. The molecule has 2 heterocycles. The van der Waals surface area contributed by atoms with Gasteiger partial charge in [0.05, 0.1) is 5.69 Å². The molecule has 0 unspecified atom stereocenters. The third-order valence-corrected chi connectivity index (χ3v) is 4.47. The number of amides is 1. The number of aromatic hydroxyl groups is 1. The van der Waals surface area contributed by atoms with Crippen LogP contribution in [0.2, 0.25) is 0 Å². The van der Waals surface area contributed by atoms with Crippen molar-refractivity contribution in [3.63, 3.8) is 0 Å². The number of nitrogens with zero attached hydrogens (tertiary/aromatic N) is 3. The van der Waals surface area contributed by atoms with Crippen molar-refractivity contribution < 1.29 is 9.90 Å². The molecular weight excluding hydrogens is 340 g/mol. The second kappa shape index (κ2) is 8.93. The predicted molar refractivity (Wildman–Crippen MR) is 99.2 cm³/mol. The Hall–Kier alpha value is -2.74. The van der Waals surface area contributed by atoms with Gasteiger partial charge in [0.15, 0.2) is 5.13 Å². The van der Waals surface area contributed by atoms with Gasteiger partial charge in [0, 0.05) is 31.6 Å². The first-order valence-electron chi connectivity index (χ1n) is 7.81. The third kappa shape index (κ3) is 5.12. The largest absolute Gasteiger partial charge is 0.508 e. The summed E-state index contributed by atoms with van der Waals surface area (Å²) in [5.41, 5.74) is 0.161. The zero-order valence-electron chi connectivity index (χ0n) is 13.9. The Labute approximate surface area is 149 Å². The van der Waals surface area contributed by atoms with Crippen molar-refractivity contribution in [2.45, 2.75) is 19.8 Å². The first-order chi connectivity index (χ1) is 12.0. The van der Waals surface area contributed by atoms with E-state index >= 15 is 0 Å². The molecule has 0 spiro atoms. The van der Waals surface area contributed by atoms with Gasteiger partial charge in [-0.2, -0.15) is 0 Å². The molecule has 0 bridgehead atoms. The van der Waals surface area contributed by atoms with Crippen LogP contribution in [0.15, 0.2) is 40.8 Å². The van der Waals surface area contributed by atoms with Crippen molar-refractivity contribution in [2.24, 2.45) is 4.99 Å².